The third-order valence-electron chi connectivity index (χ3n) is 7.05. The number of benzene rings is 2. The molecule has 0 spiro atoms. The number of ether oxygens (including phenoxy) is 3. The number of aromatic nitrogens is 1. The summed E-state index contributed by atoms with van der Waals surface area (Å²) in [6.07, 6.45) is 3.59. The standard InChI is InChI=1S/C30H28Cl2F2N2O6S/c31-22-16-36(39)29(42-26(37)15-25-35(12-13-43-25)28(38)20-4-2-1-3-5-20)27(32)21(22)10-8-18-9-11-23(41-30(33)34)24(14-18)40-17-19-6-7-19/h1-5,9,11,14,16,19,25,30H,6-8,10,12-13,15,17H2/t25-/m0/s1. The summed E-state index contributed by atoms with van der Waals surface area (Å²) in [5, 5.41) is 12.1. The van der Waals surface area contributed by atoms with Crippen LogP contribution in [0.1, 0.15) is 40.7 Å². The van der Waals surface area contributed by atoms with E-state index < -0.39 is 23.8 Å². The third kappa shape index (κ3) is 8.01. The lowest BCUT2D eigenvalue weighted by atomic mass is 10.0. The van der Waals surface area contributed by atoms with Crippen molar-refractivity contribution in [3.63, 3.8) is 0 Å². The van der Waals surface area contributed by atoms with E-state index in [0.29, 0.717) is 47.1 Å². The Hall–Kier alpha value is -3.28. The molecule has 2 fully saturated rings. The summed E-state index contributed by atoms with van der Waals surface area (Å²) in [5.74, 6) is -0.102. The van der Waals surface area contributed by atoms with Crippen LogP contribution in [0.15, 0.2) is 54.7 Å². The molecule has 0 unspecified atom stereocenters. The second kappa shape index (κ2) is 14.0. The van der Waals surface area contributed by atoms with Crippen molar-refractivity contribution in [2.75, 3.05) is 18.9 Å². The predicted octanol–water partition coefficient (Wildman–Crippen LogP) is 6.31. The summed E-state index contributed by atoms with van der Waals surface area (Å²) in [4.78, 5) is 27.5. The smallest absolute Gasteiger partial charge is 0.406 e. The largest absolute Gasteiger partial charge is 0.616 e. The van der Waals surface area contributed by atoms with Gasteiger partial charge in [0.15, 0.2) is 16.5 Å². The number of thioether (sulfide) groups is 1. The quantitative estimate of drug-likeness (QED) is 0.129. The molecule has 1 aliphatic carbocycles. The number of hydrogen-bond acceptors (Lipinski definition) is 7. The molecule has 1 aliphatic heterocycles. The lowest BCUT2D eigenvalue weighted by Crippen LogP contribution is -2.37. The van der Waals surface area contributed by atoms with Crippen molar-refractivity contribution >= 4 is 46.8 Å². The molecule has 5 rings (SSSR count). The fraction of sp³-hybridized carbons (Fsp3) is 0.367. The number of alkyl halides is 2. The molecule has 13 heteroatoms. The topological polar surface area (TPSA) is 92.0 Å². The summed E-state index contributed by atoms with van der Waals surface area (Å²) in [5.41, 5.74) is 1.63. The van der Waals surface area contributed by atoms with Crippen molar-refractivity contribution in [1.29, 1.82) is 0 Å². The van der Waals surface area contributed by atoms with Gasteiger partial charge in [-0.1, -0.05) is 47.5 Å². The normalized spacial score (nSPS) is 16.4. The second-order valence-corrected chi connectivity index (χ2v) is 12.3. The van der Waals surface area contributed by atoms with Crippen LogP contribution in [-0.4, -0.2) is 47.7 Å². The number of hydrogen-bond donors (Lipinski definition) is 0. The zero-order valence-corrected chi connectivity index (χ0v) is 25.2. The third-order valence-corrected chi connectivity index (χ3v) is 8.99. The highest BCUT2D eigenvalue weighted by atomic mass is 35.5. The first-order valence-electron chi connectivity index (χ1n) is 13.7. The highest BCUT2D eigenvalue weighted by molar-refractivity contribution is 8.00. The minimum Gasteiger partial charge on any atom is -0.616 e. The number of carbonyl (C=O) groups is 2. The van der Waals surface area contributed by atoms with Crippen LogP contribution in [0.3, 0.4) is 0 Å². The Morgan fingerprint density at radius 1 is 1.09 bits per heavy atom. The van der Waals surface area contributed by atoms with E-state index >= 15 is 0 Å². The Bertz CT molecular complexity index is 1480. The number of nitrogens with zero attached hydrogens (tertiary/aromatic N) is 2. The fourth-order valence-corrected chi connectivity index (χ4v) is 6.48. The summed E-state index contributed by atoms with van der Waals surface area (Å²) in [7, 11) is 0. The number of halogens is 4. The molecule has 1 aromatic heterocycles. The van der Waals surface area contributed by atoms with Gasteiger partial charge in [0.25, 0.3) is 5.91 Å². The average molecular weight is 654 g/mol. The Morgan fingerprint density at radius 2 is 1.86 bits per heavy atom. The molecule has 1 saturated heterocycles. The molecule has 8 nitrogen and oxygen atoms in total. The summed E-state index contributed by atoms with van der Waals surface area (Å²) in [6, 6.07) is 13.5. The lowest BCUT2D eigenvalue weighted by molar-refractivity contribution is -0.610. The van der Waals surface area contributed by atoms with Gasteiger partial charge in [-0.25, -0.2) is 0 Å². The molecule has 1 atom stereocenters. The Labute approximate surface area is 261 Å². The molecular formula is C30H28Cl2F2N2O6S. The summed E-state index contributed by atoms with van der Waals surface area (Å²) in [6.45, 7) is -2.10. The van der Waals surface area contributed by atoms with E-state index in [9.17, 15) is 23.6 Å². The maximum atomic E-state index is 13.0. The van der Waals surface area contributed by atoms with Crippen molar-refractivity contribution in [3.05, 3.63) is 86.7 Å². The zero-order valence-electron chi connectivity index (χ0n) is 22.8. The first-order valence-corrected chi connectivity index (χ1v) is 15.5. The highest BCUT2D eigenvalue weighted by Crippen LogP contribution is 2.36. The monoisotopic (exact) mass is 652 g/mol. The average Bonchev–Trinajstić information content (AvgIpc) is 3.70. The van der Waals surface area contributed by atoms with Crippen LogP contribution < -0.4 is 18.9 Å². The van der Waals surface area contributed by atoms with E-state index in [2.05, 4.69) is 4.74 Å². The molecule has 1 amide bonds. The van der Waals surface area contributed by atoms with Gasteiger partial charge in [-0.3, -0.25) is 9.59 Å². The number of pyridine rings is 1. The number of rotatable bonds is 12. The molecule has 3 aromatic rings. The van der Waals surface area contributed by atoms with E-state index in [4.69, 9.17) is 32.7 Å². The van der Waals surface area contributed by atoms with Crippen LogP contribution in [0, 0.1) is 11.1 Å². The first kappa shape index (κ1) is 31.2. The van der Waals surface area contributed by atoms with E-state index in [1.165, 1.54) is 17.8 Å². The maximum Gasteiger partial charge on any atom is 0.406 e. The fourth-order valence-electron chi connectivity index (χ4n) is 4.63. The molecule has 2 heterocycles. The summed E-state index contributed by atoms with van der Waals surface area (Å²) < 4.78 is 41.8. The van der Waals surface area contributed by atoms with E-state index in [1.54, 1.807) is 41.3 Å². The molecule has 1 saturated carbocycles. The molecule has 43 heavy (non-hydrogen) atoms. The molecule has 0 radical (unpaired) electrons. The van der Waals surface area contributed by atoms with E-state index in [1.807, 2.05) is 6.07 Å². The highest BCUT2D eigenvalue weighted by Gasteiger charge is 2.34. The van der Waals surface area contributed by atoms with Gasteiger partial charge >= 0.3 is 18.5 Å². The molecular weight excluding hydrogens is 625 g/mol. The maximum absolute atomic E-state index is 13.0. The van der Waals surface area contributed by atoms with Crippen LogP contribution in [0.4, 0.5) is 8.78 Å². The number of aryl methyl sites for hydroxylation is 1. The van der Waals surface area contributed by atoms with Crippen molar-refractivity contribution in [1.82, 2.24) is 4.90 Å². The number of esters is 1. The molecule has 2 aliphatic rings. The SMILES string of the molecule is O=C(C[C@@H]1SCCN1C(=O)c1ccccc1)Oc1c(Cl)c(CCc2ccc(OC(F)F)c(OCC3CC3)c2)c(Cl)c[n+]1[O-]. The van der Waals surface area contributed by atoms with Crippen LogP contribution in [0.5, 0.6) is 17.4 Å². The zero-order chi connectivity index (χ0) is 30.5. The van der Waals surface area contributed by atoms with Crippen molar-refractivity contribution in [2.24, 2.45) is 5.92 Å². The van der Waals surface area contributed by atoms with Gasteiger partial charge in [0.1, 0.15) is 5.02 Å². The van der Waals surface area contributed by atoms with Gasteiger partial charge in [0, 0.05) is 23.4 Å². The van der Waals surface area contributed by atoms with Gasteiger partial charge in [0.2, 0.25) is 6.20 Å². The van der Waals surface area contributed by atoms with Gasteiger partial charge in [-0.15, -0.1) is 16.5 Å². The Balaban J connectivity index is 1.26. The Kier molecular flexibility index (Phi) is 10.1. The molecule has 0 bridgehead atoms. The lowest BCUT2D eigenvalue weighted by Gasteiger charge is -2.23. The molecule has 0 N–H and O–H groups in total. The van der Waals surface area contributed by atoms with E-state index in [0.717, 1.165) is 24.6 Å². The van der Waals surface area contributed by atoms with Crippen molar-refractivity contribution in [3.8, 4) is 17.4 Å². The van der Waals surface area contributed by atoms with Crippen LogP contribution in [0.25, 0.3) is 0 Å². The minimum atomic E-state index is -2.99. The Morgan fingerprint density at radius 3 is 2.58 bits per heavy atom. The van der Waals surface area contributed by atoms with Crippen LogP contribution in [-0.2, 0) is 17.6 Å². The first-order chi connectivity index (χ1) is 20.7. The van der Waals surface area contributed by atoms with Crippen LogP contribution in [0.2, 0.25) is 10.0 Å². The predicted molar refractivity (Wildman–Crippen MR) is 158 cm³/mol. The molecule has 2 aromatic carbocycles. The van der Waals surface area contributed by atoms with E-state index in [-0.39, 0.29) is 40.3 Å². The summed E-state index contributed by atoms with van der Waals surface area (Å²) >= 11 is 14.3. The van der Waals surface area contributed by atoms with Gasteiger partial charge in [-0.2, -0.15) is 8.78 Å². The number of amides is 1. The van der Waals surface area contributed by atoms with Crippen molar-refractivity contribution in [2.45, 2.75) is 44.1 Å². The van der Waals surface area contributed by atoms with Crippen LogP contribution >= 0.6 is 35.0 Å². The number of carbonyl (C=O) groups excluding carboxylic acids is 2. The van der Waals surface area contributed by atoms with Gasteiger partial charge in [0.05, 0.1) is 18.4 Å². The van der Waals surface area contributed by atoms with Gasteiger partial charge < -0.3 is 24.3 Å². The second-order valence-electron chi connectivity index (χ2n) is 10.2. The minimum absolute atomic E-state index is 0.0544. The molecule has 228 valence electrons. The van der Waals surface area contributed by atoms with Gasteiger partial charge in [-0.05, 0) is 61.4 Å². The van der Waals surface area contributed by atoms with Crippen molar-refractivity contribution < 1.29 is 37.3 Å².